The van der Waals surface area contributed by atoms with Gasteiger partial charge in [0, 0.05) is 12.6 Å². The van der Waals surface area contributed by atoms with Crippen LogP contribution in [-0.4, -0.2) is 21.2 Å². The van der Waals surface area contributed by atoms with Gasteiger partial charge in [0.2, 0.25) is 0 Å². The van der Waals surface area contributed by atoms with Gasteiger partial charge in [0.25, 0.3) is 10.0 Å². The van der Waals surface area contributed by atoms with Gasteiger partial charge in [-0.05, 0) is 43.3 Å². The van der Waals surface area contributed by atoms with Crippen LogP contribution in [0.2, 0.25) is 0 Å². The molecule has 0 aliphatic heterocycles. The summed E-state index contributed by atoms with van der Waals surface area (Å²) < 4.78 is 33.2. The SMILES string of the molecule is CC(=O)c1cccc(S(=O)(=O)N(C)c2ccccc2Oc2ccccc2)c1. The molecule has 0 radical (unpaired) electrons. The molecule has 0 N–H and O–H groups in total. The molecule has 0 spiro atoms. The first-order valence-electron chi connectivity index (χ1n) is 8.31. The van der Waals surface area contributed by atoms with Crippen LogP contribution in [0, 0.1) is 0 Å². The minimum Gasteiger partial charge on any atom is -0.455 e. The summed E-state index contributed by atoms with van der Waals surface area (Å²) in [5.74, 6) is 0.828. The zero-order valence-electron chi connectivity index (χ0n) is 15.0. The van der Waals surface area contributed by atoms with Gasteiger partial charge in [0.15, 0.2) is 11.5 Å². The second kappa shape index (κ2) is 7.63. The van der Waals surface area contributed by atoms with E-state index in [0.29, 0.717) is 22.7 Å². The van der Waals surface area contributed by atoms with Crippen molar-refractivity contribution in [3.8, 4) is 11.5 Å². The fourth-order valence-corrected chi connectivity index (χ4v) is 3.83. The number of hydrogen-bond acceptors (Lipinski definition) is 4. The van der Waals surface area contributed by atoms with Gasteiger partial charge in [-0.25, -0.2) is 8.42 Å². The number of hydrogen-bond donors (Lipinski definition) is 0. The number of ketones is 1. The van der Waals surface area contributed by atoms with Gasteiger partial charge in [-0.15, -0.1) is 0 Å². The van der Waals surface area contributed by atoms with Crippen LogP contribution < -0.4 is 9.04 Å². The molecule has 0 aromatic heterocycles. The van der Waals surface area contributed by atoms with E-state index in [-0.39, 0.29) is 10.7 Å². The standard InChI is InChI=1S/C21H19NO4S/c1-16(23)17-9-8-12-19(15-17)27(24,25)22(2)20-13-6-7-14-21(20)26-18-10-4-3-5-11-18/h3-15H,1-2H3. The summed E-state index contributed by atoms with van der Waals surface area (Å²) in [4.78, 5) is 11.6. The molecule has 138 valence electrons. The summed E-state index contributed by atoms with van der Waals surface area (Å²) in [6, 6.07) is 22.0. The summed E-state index contributed by atoms with van der Waals surface area (Å²) in [6.07, 6.45) is 0. The van der Waals surface area contributed by atoms with E-state index >= 15 is 0 Å². The van der Waals surface area contributed by atoms with Crippen LogP contribution in [0.25, 0.3) is 0 Å². The van der Waals surface area contributed by atoms with Crippen LogP contribution in [0.3, 0.4) is 0 Å². The summed E-state index contributed by atoms with van der Waals surface area (Å²) in [7, 11) is -2.40. The largest absolute Gasteiger partial charge is 0.455 e. The van der Waals surface area contributed by atoms with Crippen molar-refractivity contribution in [1.29, 1.82) is 0 Å². The van der Waals surface area contributed by atoms with Crippen molar-refractivity contribution in [1.82, 2.24) is 0 Å². The van der Waals surface area contributed by atoms with Crippen molar-refractivity contribution >= 4 is 21.5 Å². The quantitative estimate of drug-likeness (QED) is 0.590. The molecular formula is C21H19NO4S. The number of rotatable bonds is 6. The van der Waals surface area contributed by atoms with Crippen molar-refractivity contribution in [2.45, 2.75) is 11.8 Å². The predicted octanol–water partition coefficient (Wildman–Crippen LogP) is 4.51. The van der Waals surface area contributed by atoms with E-state index in [1.54, 1.807) is 48.5 Å². The Bertz CT molecular complexity index is 1060. The van der Waals surface area contributed by atoms with Gasteiger partial charge in [0.1, 0.15) is 5.75 Å². The Hall–Kier alpha value is -3.12. The normalized spacial score (nSPS) is 11.0. The minimum absolute atomic E-state index is 0.0483. The Kier molecular flexibility index (Phi) is 5.28. The molecule has 27 heavy (non-hydrogen) atoms. The first kappa shape index (κ1) is 18.7. The number of benzene rings is 3. The Balaban J connectivity index is 1.99. The molecule has 3 rings (SSSR count). The maximum absolute atomic E-state index is 13.1. The van der Waals surface area contributed by atoms with Crippen LogP contribution in [0.15, 0.2) is 83.8 Å². The van der Waals surface area contributed by atoms with E-state index in [1.165, 1.54) is 26.1 Å². The third-order valence-electron chi connectivity index (χ3n) is 4.07. The summed E-state index contributed by atoms with van der Waals surface area (Å²) in [5.41, 5.74) is 0.743. The number of Topliss-reactive ketones (excluding diaryl/α,β-unsaturated/α-hetero) is 1. The third kappa shape index (κ3) is 4.01. The molecule has 0 unspecified atom stereocenters. The Morgan fingerprint density at radius 3 is 2.26 bits per heavy atom. The van der Waals surface area contributed by atoms with Crippen molar-refractivity contribution in [3.05, 3.63) is 84.4 Å². The second-order valence-corrected chi connectivity index (χ2v) is 7.91. The van der Waals surface area contributed by atoms with Gasteiger partial charge in [-0.1, -0.05) is 42.5 Å². The van der Waals surface area contributed by atoms with Crippen LogP contribution in [0.4, 0.5) is 5.69 Å². The topological polar surface area (TPSA) is 63.7 Å². The average molecular weight is 381 g/mol. The van der Waals surface area contributed by atoms with E-state index in [9.17, 15) is 13.2 Å². The molecule has 0 fully saturated rings. The molecule has 5 nitrogen and oxygen atoms in total. The van der Waals surface area contributed by atoms with Crippen LogP contribution in [0.5, 0.6) is 11.5 Å². The van der Waals surface area contributed by atoms with Gasteiger partial charge >= 0.3 is 0 Å². The van der Waals surface area contributed by atoms with Crippen LogP contribution in [0.1, 0.15) is 17.3 Å². The second-order valence-electron chi connectivity index (χ2n) is 5.94. The lowest BCUT2D eigenvalue weighted by molar-refractivity contribution is 0.101. The highest BCUT2D eigenvalue weighted by Gasteiger charge is 2.24. The predicted molar refractivity (Wildman–Crippen MR) is 105 cm³/mol. The number of nitrogens with zero attached hydrogens (tertiary/aromatic N) is 1. The molecule has 3 aromatic carbocycles. The number of para-hydroxylation sites is 3. The van der Waals surface area contributed by atoms with Gasteiger partial charge in [0.05, 0.1) is 10.6 Å². The highest BCUT2D eigenvalue weighted by atomic mass is 32.2. The first-order valence-corrected chi connectivity index (χ1v) is 9.75. The van der Waals surface area contributed by atoms with E-state index in [1.807, 2.05) is 18.2 Å². The molecule has 0 atom stereocenters. The summed E-state index contributed by atoms with van der Waals surface area (Å²) in [5, 5.41) is 0. The van der Waals surface area contributed by atoms with E-state index in [0.717, 1.165) is 4.31 Å². The number of carbonyl (C=O) groups excluding carboxylic acids is 1. The summed E-state index contributed by atoms with van der Waals surface area (Å²) in [6.45, 7) is 1.40. The lowest BCUT2D eigenvalue weighted by Crippen LogP contribution is -2.27. The highest BCUT2D eigenvalue weighted by molar-refractivity contribution is 7.92. The highest BCUT2D eigenvalue weighted by Crippen LogP contribution is 2.34. The van der Waals surface area contributed by atoms with Crippen molar-refractivity contribution in [3.63, 3.8) is 0 Å². The van der Waals surface area contributed by atoms with Gasteiger partial charge in [-0.2, -0.15) is 0 Å². The molecule has 0 saturated heterocycles. The van der Waals surface area contributed by atoms with Gasteiger partial charge in [-0.3, -0.25) is 9.10 Å². The molecule has 3 aromatic rings. The Morgan fingerprint density at radius 2 is 1.56 bits per heavy atom. The third-order valence-corrected chi connectivity index (χ3v) is 5.84. The molecule has 0 heterocycles. The maximum atomic E-state index is 13.1. The number of anilines is 1. The Labute approximate surface area is 158 Å². The number of carbonyl (C=O) groups is 1. The average Bonchev–Trinajstić information content (AvgIpc) is 2.68. The number of ether oxygens (including phenoxy) is 1. The molecule has 0 bridgehead atoms. The lowest BCUT2D eigenvalue weighted by atomic mass is 10.2. The van der Waals surface area contributed by atoms with Crippen LogP contribution in [-0.2, 0) is 10.0 Å². The van der Waals surface area contributed by atoms with Crippen LogP contribution >= 0.6 is 0 Å². The fourth-order valence-electron chi connectivity index (χ4n) is 2.58. The van der Waals surface area contributed by atoms with E-state index < -0.39 is 10.0 Å². The molecule has 0 amide bonds. The lowest BCUT2D eigenvalue weighted by Gasteiger charge is -2.22. The fraction of sp³-hybridized carbons (Fsp3) is 0.0952. The first-order chi connectivity index (χ1) is 12.9. The molecular weight excluding hydrogens is 362 g/mol. The van der Waals surface area contributed by atoms with E-state index in [2.05, 4.69) is 0 Å². The van der Waals surface area contributed by atoms with Crippen molar-refractivity contribution in [2.24, 2.45) is 0 Å². The molecule has 0 saturated carbocycles. The maximum Gasteiger partial charge on any atom is 0.264 e. The molecule has 6 heteroatoms. The summed E-state index contributed by atoms with van der Waals surface area (Å²) >= 11 is 0. The van der Waals surface area contributed by atoms with E-state index in [4.69, 9.17) is 4.74 Å². The number of sulfonamides is 1. The molecule has 0 aliphatic rings. The van der Waals surface area contributed by atoms with Gasteiger partial charge < -0.3 is 4.74 Å². The minimum atomic E-state index is -3.86. The monoisotopic (exact) mass is 381 g/mol. The zero-order chi connectivity index (χ0) is 19.4. The van der Waals surface area contributed by atoms with Crippen molar-refractivity contribution < 1.29 is 17.9 Å². The molecule has 0 aliphatic carbocycles. The van der Waals surface area contributed by atoms with Crippen molar-refractivity contribution in [2.75, 3.05) is 11.4 Å². The smallest absolute Gasteiger partial charge is 0.264 e. The Morgan fingerprint density at radius 1 is 0.889 bits per heavy atom. The zero-order valence-corrected chi connectivity index (χ0v) is 15.8.